The third kappa shape index (κ3) is 2.62. The molecule has 3 aliphatic heterocycles. The van der Waals surface area contributed by atoms with Crippen LogP contribution in [0.15, 0.2) is 79.0 Å². The molecule has 0 bridgehead atoms. The van der Waals surface area contributed by atoms with Crippen molar-refractivity contribution in [2.24, 2.45) is 11.8 Å². The van der Waals surface area contributed by atoms with Crippen molar-refractivity contribution in [1.82, 2.24) is 10.3 Å². The lowest BCUT2D eigenvalue weighted by Crippen LogP contribution is -2.53. The van der Waals surface area contributed by atoms with Crippen molar-refractivity contribution in [1.29, 1.82) is 0 Å². The Labute approximate surface area is 205 Å². The maximum atomic E-state index is 14.8. The van der Waals surface area contributed by atoms with Crippen molar-refractivity contribution >= 4 is 40.0 Å². The van der Waals surface area contributed by atoms with Crippen molar-refractivity contribution in [3.05, 3.63) is 95.9 Å². The average molecular weight is 480 g/mol. The SMILES string of the molecule is O=C1[C@@H]2[C@H](Cc3c[nH]c4ccccc34)N[C@]3(C(=O)Nc4ccccc43)[C@@H]2C(=O)N1c1ccccc1F. The zero-order chi connectivity index (χ0) is 24.6. The van der Waals surface area contributed by atoms with Crippen LogP contribution < -0.4 is 15.5 Å². The molecule has 4 atom stereocenters. The van der Waals surface area contributed by atoms with Crippen LogP contribution in [0.2, 0.25) is 0 Å². The van der Waals surface area contributed by atoms with Gasteiger partial charge in [-0.3, -0.25) is 19.7 Å². The summed E-state index contributed by atoms with van der Waals surface area (Å²) in [6.45, 7) is 0. The smallest absolute Gasteiger partial charge is 0.250 e. The van der Waals surface area contributed by atoms with E-state index in [4.69, 9.17) is 0 Å². The maximum absolute atomic E-state index is 14.8. The average Bonchev–Trinajstić information content (AvgIpc) is 3.59. The van der Waals surface area contributed by atoms with Crippen LogP contribution in [0, 0.1) is 17.7 Å². The van der Waals surface area contributed by atoms with E-state index < -0.39 is 41.0 Å². The summed E-state index contributed by atoms with van der Waals surface area (Å²) >= 11 is 0. The number of para-hydroxylation sites is 3. The molecule has 8 heteroatoms. The highest BCUT2D eigenvalue weighted by Gasteiger charge is 2.70. The number of hydrogen-bond donors (Lipinski definition) is 3. The number of fused-ring (bicyclic) bond motifs is 5. The number of aromatic nitrogens is 1. The van der Waals surface area contributed by atoms with Gasteiger partial charge in [-0.1, -0.05) is 48.5 Å². The lowest BCUT2D eigenvalue weighted by Gasteiger charge is -2.29. The van der Waals surface area contributed by atoms with Crippen LogP contribution in [0.5, 0.6) is 0 Å². The lowest BCUT2D eigenvalue weighted by molar-refractivity contribution is -0.130. The molecule has 36 heavy (non-hydrogen) atoms. The summed E-state index contributed by atoms with van der Waals surface area (Å²) < 4.78 is 14.8. The molecule has 7 rings (SSSR count). The summed E-state index contributed by atoms with van der Waals surface area (Å²) in [6, 6.07) is 20.2. The molecule has 2 saturated heterocycles. The van der Waals surface area contributed by atoms with Crippen molar-refractivity contribution in [2.45, 2.75) is 18.0 Å². The molecule has 1 aromatic heterocycles. The van der Waals surface area contributed by atoms with Crippen molar-refractivity contribution in [3.63, 3.8) is 0 Å². The van der Waals surface area contributed by atoms with E-state index in [-0.39, 0.29) is 11.6 Å². The van der Waals surface area contributed by atoms with Gasteiger partial charge in [0.2, 0.25) is 17.7 Å². The van der Waals surface area contributed by atoms with Crippen molar-refractivity contribution in [3.8, 4) is 0 Å². The number of H-pyrrole nitrogens is 1. The number of halogens is 1. The van der Waals surface area contributed by atoms with E-state index in [9.17, 15) is 18.8 Å². The minimum Gasteiger partial charge on any atom is -0.361 e. The van der Waals surface area contributed by atoms with Crippen LogP contribution in [0.4, 0.5) is 15.8 Å². The number of carbonyl (C=O) groups excluding carboxylic acids is 3. The molecule has 0 aliphatic carbocycles. The van der Waals surface area contributed by atoms with Gasteiger partial charge < -0.3 is 10.3 Å². The Morgan fingerprint density at radius 3 is 2.50 bits per heavy atom. The number of amides is 3. The van der Waals surface area contributed by atoms with E-state index in [0.717, 1.165) is 21.4 Å². The van der Waals surface area contributed by atoms with Crippen LogP contribution in [0.1, 0.15) is 11.1 Å². The normalized spacial score (nSPS) is 26.6. The molecule has 3 amide bonds. The van der Waals surface area contributed by atoms with Crippen molar-refractivity contribution in [2.75, 3.05) is 10.2 Å². The molecule has 178 valence electrons. The first-order chi connectivity index (χ1) is 17.5. The number of anilines is 2. The van der Waals surface area contributed by atoms with Gasteiger partial charge in [0.25, 0.3) is 0 Å². The Hall–Kier alpha value is -4.30. The highest BCUT2D eigenvalue weighted by atomic mass is 19.1. The van der Waals surface area contributed by atoms with Gasteiger partial charge in [-0.15, -0.1) is 0 Å². The van der Waals surface area contributed by atoms with Gasteiger partial charge in [-0.05, 0) is 36.2 Å². The molecule has 2 fully saturated rings. The first kappa shape index (κ1) is 21.0. The van der Waals surface area contributed by atoms with Gasteiger partial charge >= 0.3 is 0 Å². The first-order valence-corrected chi connectivity index (χ1v) is 11.9. The first-order valence-electron chi connectivity index (χ1n) is 11.9. The lowest BCUT2D eigenvalue weighted by atomic mass is 9.76. The minimum absolute atomic E-state index is 0.0883. The molecule has 3 N–H and O–H groups in total. The van der Waals surface area contributed by atoms with Crippen LogP contribution in [-0.2, 0) is 26.3 Å². The second-order valence-electron chi connectivity index (χ2n) is 9.59. The molecule has 3 aliphatic rings. The van der Waals surface area contributed by atoms with E-state index in [2.05, 4.69) is 15.6 Å². The quantitative estimate of drug-likeness (QED) is 0.392. The third-order valence-electron chi connectivity index (χ3n) is 7.83. The van der Waals surface area contributed by atoms with Crippen LogP contribution in [0.3, 0.4) is 0 Å². The van der Waals surface area contributed by atoms with E-state index in [1.165, 1.54) is 18.2 Å². The molecular formula is C28H21FN4O3. The molecule has 4 aromatic rings. The summed E-state index contributed by atoms with van der Waals surface area (Å²) in [6.07, 6.45) is 2.30. The predicted molar refractivity (Wildman–Crippen MR) is 132 cm³/mol. The molecule has 0 unspecified atom stereocenters. The standard InChI is InChI=1S/C28H21FN4O3/c29-18-9-3-6-12-22(18)33-25(34)23-21(13-15-14-30-19-10-4-1-7-16(15)19)32-28(24(23)26(33)35)17-8-2-5-11-20(17)31-27(28)36/h1-12,14,21,23-24,30,32H,13H2,(H,31,36)/t21-,23+,24-,28-/m0/s1. The molecule has 7 nitrogen and oxygen atoms in total. The van der Waals surface area contributed by atoms with E-state index in [1.54, 1.807) is 30.3 Å². The molecule has 0 saturated carbocycles. The largest absolute Gasteiger partial charge is 0.361 e. The zero-order valence-electron chi connectivity index (χ0n) is 19.0. The maximum Gasteiger partial charge on any atom is 0.250 e. The second kappa shape index (κ2) is 7.35. The van der Waals surface area contributed by atoms with Gasteiger partial charge in [0.15, 0.2) is 0 Å². The van der Waals surface area contributed by atoms with Gasteiger partial charge in [-0.2, -0.15) is 0 Å². The fourth-order valence-corrected chi connectivity index (χ4v) is 6.34. The number of nitrogens with one attached hydrogen (secondary N) is 3. The fraction of sp³-hybridized carbons (Fsp3) is 0.179. The highest BCUT2D eigenvalue weighted by Crippen LogP contribution is 2.54. The molecular weight excluding hydrogens is 459 g/mol. The number of hydrogen-bond acceptors (Lipinski definition) is 4. The zero-order valence-corrected chi connectivity index (χ0v) is 19.0. The Balaban J connectivity index is 1.39. The second-order valence-corrected chi connectivity index (χ2v) is 9.59. The molecule has 0 radical (unpaired) electrons. The number of nitrogens with zero attached hydrogens (tertiary/aromatic N) is 1. The summed E-state index contributed by atoms with van der Waals surface area (Å²) in [4.78, 5) is 45.6. The summed E-state index contributed by atoms with van der Waals surface area (Å²) in [5.41, 5.74) is 1.64. The van der Waals surface area contributed by atoms with Crippen LogP contribution in [0.25, 0.3) is 10.9 Å². The number of imide groups is 1. The monoisotopic (exact) mass is 480 g/mol. The third-order valence-corrected chi connectivity index (χ3v) is 7.83. The van der Waals surface area contributed by atoms with Gasteiger partial charge in [0.05, 0.1) is 17.5 Å². The fourth-order valence-electron chi connectivity index (χ4n) is 6.34. The Morgan fingerprint density at radius 2 is 1.64 bits per heavy atom. The van der Waals surface area contributed by atoms with Gasteiger partial charge in [0.1, 0.15) is 11.4 Å². The molecule has 3 aromatic carbocycles. The summed E-state index contributed by atoms with van der Waals surface area (Å²) in [5, 5.41) is 7.34. The van der Waals surface area contributed by atoms with Crippen LogP contribution in [-0.4, -0.2) is 28.7 Å². The van der Waals surface area contributed by atoms with E-state index in [1.807, 2.05) is 30.5 Å². The van der Waals surface area contributed by atoms with E-state index >= 15 is 0 Å². The topological polar surface area (TPSA) is 94.3 Å². The van der Waals surface area contributed by atoms with Gasteiger partial charge in [-0.25, -0.2) is 9.29 Å². The number of rotatable bonds is 3. The Bertz CT molecular complexity index is 1600. The molecule has 1 spiro atoms. The summed E-state index contributed by atoms with van der Waals surface area (Å²) in [7, 11) is 0. The number of benzene rings is 3. The number of aromatic amines is 1. The Kier molecular flexibility index (Phi) is 4.29. The highest BCUT2D eigenvalue weighted by molar-refractivity contribution is 6.25. The minimum atomic E-state index is -1.43. The number of carbonyl (C=O) groups is 3. The van der Waals surface area contributed by atoms with E-state index in [0.29, 0.717) is 17.7 Å². The molecule has 4 heterocycles. The predicted octanol–water partition coefficient (Wildman–Crippen LogP) is 3.47. The summed E-state index contributed by atoms with van der Waals surface area (Å²) in [5.74, 6) is -3.97. The van der Waals surface area contributed by atoms with Crippen molar-refractivity contribution < 1.29 is 18.8 Å². The van der Waals surface area contributed by atoms with Crippen LogP contribution >= 0.6 is 0 Å². The Morgan fingerprint density at radius 1 is 0.889 bits per heavy atom. The van der Waals surface area contributed by atoms with Gasteiger partial charge in [0, 0.05) is 34.4 Å².